The fourth-order valence-electron chi connectivity index (χ4n) is 4.07. The van der Waals surface area contributed by atoms with E-state index in [1.165, 1.54) is 0 Å². The van der Waals surface area contributed by atoms with Crippen molar-refractivity contribution in [3.05, 3.63) is 118 Å². The molecule has 0 spiro atoms. The van der Waals surface area contributed by atoms with Crippen molar-refractivity contribution in [2.24, 2.45) is 0 Å². The zero-order chi connectivity index (χ0) is 24.9. The van der Waals surface area contributed by atoms with E-state index >= 15 is 0 Å². The Hall–Kier alpha value is -2.60. The van der Waals surface area contributed by atoms with Crippen LogP contribution in [0, 0.1) is 6.42 Å². The molecule has 0 aromatic heterocycles. The number of hydrogen-bond donors (Lipinski definition) is 1. The topological polar surface area (TPSA) is 47.6 Å². The van der Waals surface area contributed by atoms with Crippen LogP contribution in [-0.4, -0.2) is 19.1 Å². The van der Waals surface area contributed by atoms with Crippen LogP contribution in [0.4, 0.5) is 0 Å². The molecule has 4 nitrogen and oxygen atoms in total. The molecule has 5 rings (SSSR count). The van der Waals surface area contributed by atoms with Gasteiger partial charge in [-0.1, -0.05) is 65.7 Å². The van der Waals surface area contributed by atoms with Crippen molar-refractivity contribution in [2.75, 3.05) is 13.2 Å². The van der Waals surface area contributed by atoms with E-state index in [1.54, 1.807) is 30.3 Å². The van der Waals surface area contributed by atoms with E-state index in [-0.39, 0.29) is 35.5 Å². The molecule has 0 aliphatic carbocycles. The minimum atomic E-state index is -0.134. The van der Waals surface area contributed by atoms with Crippen LogP contribution in [0.5, 0.6) is 17.2 Å². The number of fused-ring (bicyclic) bond motifs is 1. The van der Waals surface area contributed by atoms with Crippen molar-refractivity contribution in [1.29, 1.82) is 0 Å². The predicted octanol–water partition coefficient (Wildman–Crippen LogP) is 4.76. The maximum atomic E-state index is 12.6. The zero-order valence-corrected chi connectivity index (χ0v) is 24.0. The van der Waals surface area contributed by atoms with Crippen LogP contribution in [0.2, 0.25) is 10.0 Å². The summed E-state index contributed by atoms with van der Waals surface area (Å²) in [6.07, 6.45) is 3.69. The van der Waals surface area contributed by atoms with E-state index in [1.807, 2.05) is 30.3 Å². The van der Waals surface area contributed by atoms with Gasteiger partial charge in [-0.3, -0.25) is 4.79 Å². The molecular weight excluding hydrogens is 516 g/mol. The van der Waals surface area contributed by atoms with Crippen molar-refractivity contribution in [3.8, 4) is 28.4 Å². The SMILES string of the molecule is O=C(NCCc1ccc(-c2ccccc2Cl)cc1)c1ccc(Oc2cc3c(cc2Cl)[CH-]CCO3)cc1.[Na+]. The van der Waals surface area contributed by atoms with Crippen LogP contribution in [0.1, 0.15) is 27.9 Å². The quantitative estimate of drug-likeness (QED) is 0.272. The van der Waals surface area contributed by atoms with Gasteiger partial charge in [-0.05, 0) is 60.4 Å². The molecule has 0 unspecified atom stereocenters. The number of halogens is 2. The van der Waals surface area contributed by atoms with Gasteiger partial charge in [0.25, 0.3) is 5.91 Å². The third kappa shape index (κ3) is 6.84. The van der Waals surface area contributed by atoms with Crippen LogP contribution >= 0.6 is 23.2 Å². The predicted molar refractivity (Wildman–Crippen MR) is 144 cm³/mol. The number of carbonyl (C=O) groups excluding carboxylic acids is 1. The molecule has 4 aromatic carbocycles. The summed E-state index contributed by atoms with van der Waals surface area (Å²) in [6.45, 7) is 1.18. The summed E-state index contributed by atoms with van der Waals surface area (Å²) in [5, 5.41) is 4.21. The maximum Gasteiger partial charge on any atom is 1.00 e. The van der Waals surface area contributed by atoms with Crippen LogP contribution in [0.15, 0.2) is 84.9 Å². The first-order valence-corrected chi connectivity index (χ1v) is 12.5. The third-order valence-electron chi connectivity index (χ3n) is 5.99. The minimum Gasteiger partial charge on any atom is -0.551 e. The molecule has 1 amide bonds. The molecule has 0 bridgehead atoms. The summed E-state index contributed by atoms with van der Waals surface area (Å²) in [5.41, 5.74) is 4.75. The number of rotatable bonds is 7. The van der Waals surface area contributed by atoms with Gasteiger partial charge in [-0.25, -0.2) is 0 Å². The van der Waals surface area contributed by atoms with E-state index in [4.69, 9.17) is 32.7 Å². The third-order valence-corrected chi connectivity index (χ3v) is 6.61. The Labute approximate surface area is 249 Å². The van der Waals surface area contributed by atoms with Gasteiger partial charge in [0.05, 0.1) is 6.61 Å². The van der Waals surface area contributed by atoms with E-state index in [0.29, 0.717) is 35.2 Å². The van der Waals surface area contributed by atoms with Crippen molar-refractivity contribution in [3.63, 3.8) is 0 Å². The molecule has 1 N–H and O–H groups in total. The number of carbonyl (C=O) groups is 1. The molecule has 4 aromatic rings. The number of ether oxygens (including phenoxy) is 2. The maximum absolute atomic E-state index is 12.6. The Morgan fingerprint density at radius 1 is 0.946 bits per heavy atom. The fourth-order valence-corrected chi connectivity index (χ4v) is 4.52. The first kappa shape index (κ1) is 27.4. The van der Waals surface area contributed by atoms with Gasteiger partial charge in [0.2, 0.25) is 0 Å². The van der Waals surface area contributed by atoms with E-state index in [2.05, 4.69) is 36.0 Å². The van der Waals surface area contributed by atoms with Crippen LogP contribution in [-0.2, 0) is 6.42 Å². The standard InChI is InChI=1S/C30H24Cl2NO3.Na/c31-26-6-2-1-5-25(26)21-9-7-20(8-10-21)15-16-33-30(34)22-11-13-24(14-12-22)36-29-19-28-23(18-27(29)32)4-3-17-35-28;/h1-2,4-14,18-19H,3,15-17H2,(H,33,34);/q-1;+1. The monoisotopic (exact) mass is 539 g/mol. The summed E-state index contributed by atoms with van der Waals surface area (Å²) in [4.78, 5) is 12.6. The average Bonchev–Trinajstić information content (AvgIpc) is 2.90. The molecule has 0 radical (unpaired) electrons. The van der Waals surface area contributed by atoms with E-state index in [9.17, 15) is 4.79 Å². The van der Waals surface area contributed by atoms with E-state index < -0.39 is 0 Å². The number of amides is 1. The zero-order valence-electron chi connectivity index (χ0n) is 20.5. The molecular formula is C30H24Cl2NNaO3. The van der Waals surface area contributed by atoms with Crippen LogP contribution < -0.4 is 44.3 Å². The second kappa shape index (κ2) is 12.8. The summed E-state index contributed by atoms with van der Waals surface area (Å²) < 4.78 is 11.6. The second-order valence-electron chi connectivity index (χ2n) is 8.47. The largest absolute Gasteiger partial charge is 1.00 e. The van der Waals surface area contributed by atoms with Crippen molar-refractivity contribution < 1.29 is 43.8 Å². The number of hydrogen-bond acceptors (Lipinski definition) is 3. The molecule has 1 heterocycles. The molecule has 1 aliphatic heterocycles. The minimum absolute atomic E-state index is 0. The Kier molecular flexibility index (Phi) is 9.47. The number of benzene rings is 4. The van der Waals surface area contributed by atoms with Crippen molar-refractivity contribution >= 4 is 29.1 Å². The average molecular weight is 540 g/mol. The first-order valence-electron chi connectivity index (χ1n) is 11.8. The molecule has 0 saturated heterocycles. The molecule has 37 heavy (non-hydrogen) atoms. The molecule has 0 fully saturated rings. The van der Waals surface area contributed by atoms with Crippen LogP contribution in [0.3, 0.4) is 0 Å². The van der Waals surface area contributed by atoms with Gasteiger partial charge in [-0.15, -0.1) is 11.6 Å². The van der Waals surface area contributed by atoms with Gasteiger partial charge in [0.1, 0.15) is 11.5 Å². The van der Waals surface area contributed by atoms with Crippen LogP contribution in [0.25, 0.3) is 11.1 Å². The number of nitrogens with one attached hydrogen (secondary N) is 1. The van der Waals surface area contributed by atoms with Crippen molar-refractivity contribution in [1.82, 2.24) is 5.32 Å². The Balaban J connectivity index is 0.00000320. The molecule has 0 atom stereocenters. The Morgan fingerprint density at radius 3 is 2.46 bits per heavy atom. The molecule has 182 valence electrons. The van der Waals surface area contributed by atoms with Gasteiger partial charge < -0.3 is 14.8 Å². The molecule has 7 heteroatoms. The second-order valence-corrected chi connectivity index (χ2v) is 9.29. The summed E-state index contributed by atoms with van der Waals surface area (Å²) in [5.74, 6) is 1.73. The Bertz CT molecular complexity index is 1370. The van der Waals surface area contributed by atoms with Crippen molar-refractivity contribution in [2.45, 2.75) is 12.8 Å². The normalized spacial score (nSPS) is 11.8. The first-order chi connectivity index (χ1) is 17.6. The smallest absolute Gasteiger partial charge is 0.551 e. The summed E-state index contributed by atoms with van der Waals surface area (Å²) in [6, 6.07) is 26.6. The molecule has 1 aliphatic rings. The van der Waals surface area contributed by atoms with Gasteiger partial charge >= 0.3 is 29.6 Å². The van der Waals surface area contributed by atoms with E-state index in [0.717, 1.165) is 45.9 Å². The summed E-state index contributed by atoms with van der Waals surface area (Å²) >= 11 is 12.7. The Morgan fingerprint density at radius 2 is 1.70 bits per heavy atom. The summed E-state index contributed by atoms with van der Waals surface area (Å²) in [7, 11) is 0. The van der Waals surface area contributed by atoms with Gasteiger partial charge in [0.15, 0.2) is 0 Å². The molecule has 0 saturated carbocycles. The van der Waals surface area contributed by atoms with Gasteiger partial charge in [-0.2, -0.15) is 6.42 Å². The van der Waals surface area contributed by atoms with Gasteiger partial charge in [0, 0.05) is 33.5 Å². The fraction of sp³-hybridized carbons (Fsp3) is 0.133.